The van der Waals surface area contributed by atoms with E-state index in [0.717, 1.165) is 4.47 Å². The molecule has 0 aliphatic heterocycles. The van der Waals surface area contributed by atoms with Gasteiger partial charge in [-0.3, -0.25) is 4.98 Å². The molecule has 1 aromatic heterocycles. The van der Waals surface area contributed by atoms with Crippen molar-refractivity contribution in [3.8, 4) is 0 Å². The van der Waals surface area contributed by atoms with Gasteiger partial charge in [0.25, 0.3) is 0 Å². The van der Waals surface area contributed by atoms with E-state index in [4.69, 9.17) is 0 Å². The number of rotatable bonds is 4. The van der Waals surface area contributed by atoms with Gasteiger partial charge in [0, 0.05) is 21.6 Å². The Morgan fingerprint density at radius 3 is 2.53 bits per heavy atom. The van der Waals surface area contributed by atoms with Crippen LogP contribution in [0.15, 0.2) is 21.2 Å². The lowest BCUT2D eigenvalue weighted by Gasteiger charge is -2.12. The fourth-order valence-electron chi connectivity index (χ4n) is 1.30. The second-order valence-corrected chi connectivity index (χ2v) is 5.31. The Balaban J connectivity index is 2.55. The Morgan fingerprint density at radius 2 is 2.00 bits per heavy atom. The molecule has 0 aliphatic rings. The molecule has 0 fully saturated rings. The van der Waals surface area contributed by atoms with Crippen LogP contribution in [0.1, 0.15) is 31.1 Å². The van der Waals surface area contributed by atoms with Gasteiger partial charge in [-0.05, 0) is 50.8 Å². The Labute approximate surface area is 114 Å². The molecule has 0 aliphatic carbocycles. The summed E-state index contributed by atoms with van der Waals surface area (Å²) in [6, 6.07) is 1.69. The van der Waals surface area contributed by atoms with E-state index < -0.39 is 18.7 Å². The van der Waals surface area contributed by atoms with E-state index in [2.05, 4.69) is 36.8 Å². The smallest absolute Gasteiger partial charge is 0.387 e. The second-order valence-electron chi connectivity index (χ2n) is 3.54. The molecule has 17 heavy (non-hydrogen) atoms. The van der Waals surface area contributed by atoms with E-state index in [0.29, 0.717) is 10.2 Å². The average molecular weight is 377 g/mol. The van der Waals surface area contributed by atoms with Crippen LogP contribution in [0.3, 0.4) is 0 Å². The van der Waals surface area contributed by atoms with E-state index in [1.165, 1.54) is 6.20 Å². The van der Waals surface area contributed by atoms with Crippen LogP contribution in [0.5, 0.6) is 0 Å². The van der Waals surface area contributed by atoms with Crippen molar-refractivity contribution in [2.24, 2.45) is 0 Å². The van der Waals surface area contributed by atoms with Gasteiger partial charge >= 0.3 is 6.18 Å². The molecule has 0 bridgehead atoms. The third-order valence-electron chi connectivity index (χ3n) is 2.09. The van der Waals surface area contributed by atoms with Crippen LogP contribution in [-0.2, 0) is 0 Å². The lowest BCUT2D eigenvalue weighted by molar-refractivity contribution is -0.136. The zero-order valence-electron chi connectivity index (χ0n) is 8.64. The molecule has 0 radical (unpaired) electrons. The topological polar surface area (TPSA) is 33.1 Å². The molecule has 0 saturated carbocycles. The van der Waals surface area contributed by atoms with Gasteiger partial charge < -0.3 is 5.11 Å². The quantitative estimate of drug-likeness (QED) is 0.846. The number of aliphatic hydroxyl groups excluding tert-OH is 1. The van der Waals surface area contributed by atoms with Gasteiger partial charge in [0.1, 0.15) is 0 Å². The maximum absolute atomic E-state index is 11.9. The van der Waals surface area contributed by atoms with Gasteiger partial charge in [-0.1, -0.05) is 0 Å². The molecule has 1 atom stereocenters. The van der Waals surface area contributed by atoms with E-state index in [9.17, 15) is 18.3 Å². The molecular formula is C10H10Br2F3NO. The first-order valence-electron chi connectivity index (χ1n) is 4.85. The van der Waals surface area contributed by atoms with E-state index in [1.807, 2.05) is 0 Å². The molecule has 1 rings (SSSR count). The number of halogens is 5. The SMILES string of the molecule is OC(CCCC(F)(F)F)c1ncc(Br)cc1Br. The highest BCUT2D eigenvalue weighted by atomic mass is 79.9. The van der Waals surface area contributed by atoms with Crippen molar-refractivity contribution in [2.45, 2.75) is 31.5 Å². The number of alkyl halides is 3. The summed E-state index contributed by atoms with van der Waals surface area (Å²) in [7, 11) is 0. The van der Waals surface area contributed by atoms with Crippen molar-refractivity contribution in [2.75, 3.05) is 0 Å². The van der Waals surface area contributed by atoms with Crippen LogP contribution >= 0.6 is 31.9 Å². The van der Waals surface area contributed by atoms with Crippen LogP contribution < -0.4 is 0 Å². The van der Waals surface area contributed by atoms with Crippen LogP contribution in [0, 0.1) is 0 Å². The van der Waals surface area contributed by atoms with Gasteiger partial charge in [-0.2, -0.15) is 13.2 Å². The average Bonchev–Trinajstić information content (AvgIpc) is 2.15. The third kappa shape index (κ3) is 5.35. The highest BCUT2D eigenvalue weighted by Gasteiger charge is 2.27. The van der Waals surface area contributed by atoms with Gasteiger partial charge in [0.2, 0.25) is 0 Å². The Bertz CT molecular complexity index is 384. The maximum Gasteiger partial charge on any atom is 0.389 e. The minimum atomic E-state index is -4.18. The van der Waals surface area contributed by atoms with Crippen molar-refractivity contribution < 1.29 is 18.3 Å². The standard InChI is InChI=1S/C10H10Br2F3NO/c11-6-4-7(12)9(16-5-6)8(17)2-1-3-10(13,14)15/h4-5,8,17H,1-3H2. The highest BCUT2D eigenvalue weighted by Crippen LogP contribution is 2.29. The van der Waals surface area contributed by atoms with E-state index in [1.54, 1.807) is 6.07 Å². The summed E-state index contributed by atoms with van der Waals surface area (Å²) in [5.74, 6) is 0. The van der Waals surface area contributed by atoms with Crippen LogP contribution in [0.2, 0.25) is 0 Å². The number of hydrogen-bond donors (Lipinski definition) is 1. The lowest BCUT2D eigenvalue weighted by atomic mass is 10.1. The Kier molecular flexibility index (Phi) is 5.40. The number of aromatic nitrogens is 1. The molecule has 1 heterocycles. The summed E-state index contributed by atoms with van der Waals surface area (Å²) >= 11 is 6.41. The normalized spacial score (nSPS) is 13.8. The van der Waals surface area contributed by atoms with Gasteiger partial charge in [-0.25, -0.2) is 0 Å². The number of hydrogen-bond acceptors (Lipinski definition) is 2. The summed E-state index contributed by atoms with van der Waals surface area (Å²) in [6.45, 7) is 0. The lowest BCUT2D eigenvalue weighted by Crippen LogP contribution is -2.08. The Hall–Kier alpha value is -0.140. The monoisotopic (exact) mass is 375 g/mol. The van der Waals surface area contributed by atoms with Crippen molar-refractivity contribution in [1.82, 2.24) is 4.98 Å². The first-order valence-corrected chi connectivity index (χ1v) is 6.44. The minimum Gasteiger partial charge on any atom is -0.387 e. The number of nitrogens with zero attached hydrogens (tertiary/aromatic N) is 1. The molecule has 0 saturated heterocycles. The van der Waals surface area contributed by atoms with E-state index in [-0.39, 0.29) is 12.8 Å². The summed E-state index contributed by atoms with van der Waals surface area (Å²) in [4.78, 5) is 3.97. The summed E-state index contributed by atoms with van der Waals surface area (Å²) in [5, 5.41) is 9.71. The minimum absolute atomic E-state index is 0.0345. The van der Waals surface area contributed by atoms with Crippen molar-refractivity contribution in [1.29, 1.82) is 0 Å². The first-order chi connectivity index (χ1) is 7.79. The van der Waals surface area contributed by atoms with Gasteiger partial charge in [-0.15, -0.1) is 0 Å². The van der Waals surface area contributed by atoms with Crippen molar-refractivity contribution >= 4 is 31.9 Å². The van der Waals surface area contributed by atoms with Crippen LogP contribution in [0.25, 0.3) is 0 Å². The molecule has 7 heteroatoms. The van der Waals surface area contributed by atoms with Gasteiger partial charge in [0.05, 0.1) is 11.8 Å². The Morgan fingerprint density at radius 1 is 1.35 bits per heavy atom. The summed E-state index contributed by atoms with van der Waals surface area (Å²) in [5.41, 5.74) is 0.357. The predicted octanol–water partition coefficient (Wildman–Crippen LogP) is 4.37. The van der Waals surface area contributed by atoms with Crippen molar-refractivity contribution in [3.63, 3.8) is 0 Å². The van der Waals surface area contributed by atoms with E-state index >= 15 is 0 Å². The van der Waals surface area contributed by atoms with Crippen LogP contribution in [-0.4, -0.2) is 16.3 Å². The first kappa shape index (κ1) is 14.9. The molecule has 0 amide bonds. The molecule has 1 unspecified atom stereocenters. The molecule has 96 valence electrons. The molecule has 2 nitrogen and oxygen atoms in total. The zero-order valence-corrected chi connectivity index (χ0v) is 11.8. The maximum atomic E-state index is 11.9. The zero-order chi connectivity index (χ0) is 13.1. The highest BCUT2D eigenvalue weighted by molar-refractivity contribution is 9.11. The number of aliphatic hydroxyl groups is 1. The third-order valence-corrected chi connectivity index (χ3v) is 3.16. The molecular weight excluding hydrogens is 367 g/mol. The molecule has 0 spiro atoms. The largest absolute Gasteiger partial charge is 0.389 e. The predicted molar refractivity (Wildman–Crippen MR) is 64.5 cm³/mol. The summed E-state index contributed by atoms with van der Waals surface area (Å²) in [6.07, 6.45) is -4.64. The fraction of sp³-hybridized carbons (Fsp3) is 0.500. The molecule has 0 aromatic carbocycles. The molecule has 1 aromatic rings. The van der Waals surface area contributed by atoms with Crippen LogP contribution in [0.4, 0.5) is 13.2 Å². The van der Waals surface area contributed by atoms with Gasteiger partial charge in [0.15, 0.2) is 0 Å². The summed E-state index contributed by atoms with van der Waals surface area (Å²) < 4.78 is 37.1. The fourth-order valence-corrected chi connectivity index (χ4v) is 2.55. The molecule has 1 N–H and O–H groups in total. The number of pyridine rings is 1. The van der Waals surface area contributed by atoms with Crippen molar-refractivity contribution in [3.05, 3.63) is 26.9 Å². The second kappa shape index (κ2) is 6.15.